The van der Waals surface area contributed by atoms with Crippen LogP contribution in [0.1, 0.15) is 106 Å². The first kappa shape index (κ1) is 30.4. The Labute approximate surface area is 262 Å². The van der Waals surface area contributed by atoms with Crippen molar-refractivity contribution in [2.45, 2.75) is 153 Å². The summed E-state index contributed by atoms with van der Waals surface area (Å²) in [5, 5.41) is 0. The van der Waals surface area contributed by atoms with Crippen molar-refractivity contribution >= 4 is 11.8 Å². The van der Waals surface area contributed by atoms with Gasteiger partial charge in [-0.25, -0.2) is 19.6 Å². The molecule has 0 aromatic rings. The van der Waals surface area contributed by atoms with Gasteiger partial charge < -0.3 is 18.9 Å². The molecule has 2 spiro atoms. The Morgan fingerprint density at radius 1 is 0.558 bits per heavy atom. The summed E-state index contributed by atoms with van der Waals surface area (Å²) >= 11 is 2.03. The molecule has 0 unspecified atom stereocenters. The fourth-order valence-corrected chi connectivity index (χ4v) is 12.1. The van der Waals surface area contributed by atoms with Gasteiger partial charge in [-0.2, -0.15) is 11.8 Å². The maximum absolute atomic E-state index is 6.83. The molecular weight excluding hydrogens is 568 g/mol. The molecule has 0 amide bonds. The maximum Gasteiger partial charge on any atom is 0.201 e. The van der Waals surface area contributed by atoms with E-state index in [0.29, 0.717) is 47.3 Å². The molecule has 10 aliphatic rings. The molecular formula is C34H54O8S. The molecule has 8 aliphatic heterocycles. The molecule has 9 heteroatoms. The normalized spacial score (nSPS) is 58.7. The summed E-state index contributed by atoms with van der Waals surface area (Å²) in [6, 6.07) is 0. The van der Waals surface area contributed by atoms with Crippen molar-refractivity contribution in [1.82, 2.24) is 0 Å². The standard InChI is InChI=1S/C34H54O8S/c1-19-7-9-25-21(3)27(35-29-33(25)23(19)11-15-31(5,37-29)39-41-33)13-17-43-18-14-28-22(4)26-10-8-20(2)24-12-16-32(6)38-30(36-28)34(24,26)42-40-32/h19-30H,7-18H2,1-6H3/t19-,20-,21-,22-,23+,24+,25+,26+,27-,28-,29-,30-,31+,32+,33-,34-/m1/s1. The summed E-state index contributed by atoms with van der Waals surface area (Å²) in [6.45, 7) is 13.5. The van der Waals surface area contributed by atoms with E-state index in [1.54, 1.807) is 0 Å². The summed E-state index contributed by atoms with van der Waals surface area (Å²) in [6.07, 6.45) is 10.4. The fourth-order valence-electron chi connectivity index (χ4n) is 11.1. The number of rotatable bonds is 6. The van der Waals surface area contributed by atoms with Gasteiger partial charge in [0.05, 0.1) is 12.2 Å². The quantitative estimate of drug-likeness (QED) is 0.230. The van der Waals surface area contributed by atoms with Crippen LogP contribution in [-0.4, -0.2) is 59.1 Å². The third-order valence-electron chi connectivity index (χ3n) is 13.7. The fraction of sp³-hybridized carbons (Fsp3) is 1.00. The van der Waals surface area contributed by atoms with E-state index in [1.807, 2.05) is 25.6 Å². The van der Waals surface area contributed by atoms with Crippen LogP contribution in [0.25, 0.3) is 0 Å². The van der Waals surface area contributed by atoms with Crippen LogP contribution in [0.5, 0.6) is 0 Å². The molecule has 10 rings (SSSR count). The highest BCUT2D eigenvalue weighted by Gasteiger charge is 2.70. The van der Waals surface area contributed by atoms with E-state index in [0.717, 1.165) is 62.9 Å². The Balaban J connectivity index is 0.894. The second-order valence-electron chi connectivity index (χ2n) is 16.1. The van der Waals surface area contributed by atoms with E-state index < -0.39 is 22.8 Å². The van der Waals surface area contributed by atoms with Gasteiger partial charge in [-0.05, 0) is 112 Å². The number of thioether (sulfide) groups is 1. The van der Waals surface area contributed by atoms with Crippen molar-refractivity contribution in [3.8, 4) is 0 Å². The zero-order valence-corrected chi connectivity index (χ0v) is 27.9. The lowest BCUT2D eigenvalue weighted by atomic mass is 9.57. The average molecular weight is 623 g/mol. The first-order valence-corrected chi connectivity index (χ1v) is 18.7. The molecule has 2 saturated carbocycles. The van der Waals surface area contributed by atoms with Crippen LogP contribution in [-0.2, 0) is 38.5 Å². The highest BCUT2D eigenvalue weighted by Crippen LogP contribution is 2.62. The predicted octanol–water partition coefficient (Wildman–Crippen LogP) is 7.00. The van der Waals surface area contributed by atoms with Crippen LogP contribution in [0.15, 0.2) is 0 Å². The minimum Gasteiger partial charge on any atom is -0.346 e. The molecule has 0 aromatic carbocycles. The lowest BCUT2D eigenvalue weighted by Gasteiger charge is -2.60. The minimum absolute atomic E-state index is 0.174. The van der Waals surface area contributed by atoms with Crippen LogP contribution in [0.2, 0.25) is 0 Å². The molecule has 8 saturated heterocycles. The molecule has 0 aromatic heterocycles. The van der Waals surface area contributed by atoms with Crippen LogP contribution < -0.4 is 0 Å². The average Bonchev–Trinajstić information content (AvgIpc) is 3.35. The van der Waals surface area contributed by atoms with E-state index in [2.05, 4.69) is 27.7 Å². The molecule has 8 nitrogen and oxygen atoms in total. The molecule has 43 heavy (non-hydrogen) atoms. The van der Waals surface area contributed by atoms with Gasteiger partial charge in [0.2, 0.25) is 11.6 Å². The summed E-state index contributed by atoms with van der Waals surface area (Å²) in [4.78, 5) is 24.7. The van der Waals surface area contributed by atoms with E-state index >= 15 is 0 Å². The number of ether oxygens (including phenoxy) is 4. The molecule has 4 bridgehead atoms. The van der Waals surface area contributed by atoms with E-state index in [-0.39, 0.29) is 24.8 Å². The second kappa shape index (κ2) is 10.8. The van der Waals surface area contributed by atoms with E-state index in [1.165, 1.54) is 12.8 Å². The summed E-state index contributed by atoms with van der Waals surface area (Å²) in [5.74, 6) is 4.37. The minimum atomic E-state index is -0.710. The largest absolute Gasteiger partial charge is 0.346 e. The molecule has 244 valence electrons. The van der Waals surface area contributed by atoms with Gasteiger partial charge in [-0.3, -0.25) is 0 Å². The van der Waals surface area contributed by atoms with Gasteiger partial charge >= 0.3 is 0 Å². The van der Waals surface area contributed by atoms with Crippen molar-refractivity contribution in [2.24, 2.45) is 47.3 Å². The first-order valence-electron chi connectivity index (χ1n) is 17.6. The third-order valence-corrected chi connectivity index (χ3v) is 14.7. The molecule has 10 fully saturated rings. The van der Waals surface area contributed by atoms with Crippen molar-refractivity contribution in [3.63, 3.8) is 0 Å². The van der Waals surface area contributed by atoms with Gasteiger partial charge in [0, 0.05) is 24.7 Å². The Bertz CT molecular complexity index is 983. The van der Waals surface area contributed by atoms with Crippen molar-refractivity contribution < 1.29 is 38.5 Å². The number of hydrogen-bond donors (Lipinski definition) is 0. The van der Waals surface area contributed by atoms with Crippen molar-refractivity contribution in [2.75, 3.05) is 11.5 Å². The third kappa shape index (κ3) is 4.52. The smallest absolute Gasteiger partial charge is 0.201 e. The Hall–Kier alpha value is 0.0300. The summed E-state index contributed by atoms with van der Waals surface area (Å²) < 4.78 is 26.8. The van der Waals surface area contributed by atoms with Gasteiger partial charge in [-0.15, -0.1) is 0 Å². The Morgan fingerprint density at radius 2 is 1.00 bits per heavy atom. The molecule has 0 N–H and O–H groups in total. The molecule has 8 heterocycles. The monoisotopic (exact) mass is 622 g/mol. The predicted molar refractivity (Wildman–Crippen MR) is 160 cm³/mol. The lowest BCUT2D eigenvalue weighted by molar-refractivity contribution is -0.571. The Morgan fingerprint density at radius 3 is 1.44 bits per heavy atom. The molecule has 0 radical (unpaired) electrons. The summed E-state index contributed by atoms with van der Waals surface area (Å²) in [7, 11) is 0. The zero-order chi connectivity index (χ0) is 29.8. The van der Waals surface area contributed by atoms with Crippen LogP contribution in [0, 0.1) is 47.3 Å². The SMILES string of the molecule is C[C@H]1[C@@H](CCSCC[C@H]2O[C@@H]3O[C@]4(C)CC[C@H]5[C@H](C)CC[C@@H]([C@H]2C)[C@@]35OO4)O[C@@H]2O[C@]3(C)CC[C@H]4[C@H](C)CC[C@@H]1[C@@]24OO3. The van der Waals surface area contributed by atoms with Gasteiger partial charge in [0.15, 0.2) is 23.8 Å². The van der Waals surface area contributed by atoms with Gasteiger partial charge in [0.25, 0.3) is 0 Å². The molecule has 16 atom stereocenters. The van der Waals surface area contributed by atoms with E-state index in [9.17, 15) is 0 Å². The maximum atomic E-state index is 6.83. The topological polar surface area (TPSA) is 73.8 Å². The zero-order valence-electron chi connectivity index (χ0n) is 27.1. The van der Waals surface area contributed by atoms with Crippen LogP contribution >= 0.6 is 11.8 Å². The number of hydrogen-bond acceptors (Lipinski definition) is 9. The van der Waals surface area contributed by atoms with Crippen LogP contribution in [0.4, 0.5) is 0 Å². The number of fused-ring (bicyclic) bond motifs is 4. The lowest BCUT2D eigenvalue weighted by Crippen LogP contribution is -2.70. The van der Waals surface area contributed by atoms with E-state index in [4.69, 9.17) is 38.5 Å². The van der Waals surface area contributed by atoms with Crippen LogP contribution in [0.3, 0.4) is 0 Å². The highest BCUT2D eigenvalue weighted by atomic mass is 32.2. The highest BCUT2D eigenvalue weighted by molar-refractivity contribution is 7.99. The van der Waals surface area contributed by atoms with Crippen molar-refractivity contribution in [1.29, 1.82) is 0 Å². The Kier molecular flexibility index (Phi) is 7.61. The van der Waals surface area contributed by atoms with Gasteiger partial charge in [0.1, 0.15) is 0 Å². The summed E-state index contributed by atoms with van der Waals surface area (Å²) in [5.41, 5.74) is -0.937. The van der Waals surface area contributed by atoms with Gasteiger partial charge in [-0.1, -0.05) is 27.7 Å². The second-order valence-corrected chi connectivity index (χ2v) is 17.3. The molecule has 2 aliphatic carbocycles. The first-order chi connectivity index (χ1) is 20.6. The van der Waals surface area contributed by atoms with Crippen molar-refractivity contribution in [3.05, 3.63) is 0 Å².